The Labute approximate surface area is 82.2 Å². The maximum Gasteiger partial charge on any atom is 0.139 e. The van der Waals surface area contributed by atoms with E-state index in [0.29, 0.717) is 5.69 Å². The number of rotatable bonds is 1. The van der Waals surface area contributed by atoms with Crippen LogP contribution in [0.25, 0.3) is 10.9 Å². The molecule has 72 valence electrons. The average molecular weight is 188 g/mol. The van der Waals surface area contributed by atoms with Crippen molar-refractivity contribution in [1.29, 1.82) is 0 Å². The Morgan fingerprint density at radius 3 is 2.79 bits per heavy atom. The molecule has 0 aliphatic rings. The Balaban J connectivity index is 2.71. The maximum absolute atomic E-state index is 9.64. The lowest BCUT2D eigenvalue weighted by Gasteiger charge is -2.08. The predicted octanol–water partition coefficient (Wildman–Crippen LogP) is 1.96. The van der Waals surface area contributed by atoms with Gasteiger partial charge >= 0.3 is 0 Å². The largest absolute Gasteiger partial charge is 0.506 e. The smallest absolute Gasteiger partial charge is 0.139 e. The van der Waals surface area contributed by atoms with Crippen LogP contribution in [0, 0.1) is 0 Å². The topological polar surface area (TPSA) is 59.1 Å². The summed E-state index contributed by atoms with van der Waals surface area (Å²) in [6.07, 6.45) is 0. The molecule has 0 fully saturated rings. The summed E-state index contributed by atoms with van der Waals surface area (Å²) in [5, 5.41) is 10.6. The first kappa shape index (κ1) is 8.97. The summed E-state index contributed by atoms with van der Waals surface area (Å²) in [6.45, 7) is 1.80. The lowest BCUT2D eigenvalue weighted by molar-refractivity contribution is 0.460. The number of benzene rings is 1. The summed E-state index contributed by atoms with van der Waals surface area (Å²) in [5.74, 6) is 0.165. The Hall–Kier alpha value is -1.61. The van der Waals surface area contributed by atoms with Crippen LogP contribution in [0.4, 0.5) is 0 Å². The molecule has 0 radical (unpaired) electrons. The molecule has 0 bridgehead atoms. The van der Waals surface area contributed by atoms with Crippen molar-refractivity contribution in [3.63, 3.8) is 0 Å². The fourth-order valence-electron chi connectivity index (χ4n) is 1.45. The number of para-hydroxylation sites is 1. The van der Waals surface area contributed by atoms with Gasteiger partial charge in [-0.25, -0.2) is 4.98 Å². The normalized spacial score (nSPS) is 13.0. The molecular formula is C11H12N2O. The van der Waals surface area contributed by atoms with Gasteiger partial charge in [0, 0.05) is 11.4 Å². The third-order valence-electron chi connectivity index (χ3n) is 2.16. The molecule has 0 spiro atoms. The summed E-state index contributed by atoms with van der Waals surface area (Å²) in [7, 11) is 0. The number of nitrogens with zero attached hydrogens (tertiary/aromatic N) is 1. The van der Waals surface area contributed by atoms with Gasteiger partial charge in [-0.2, -0.15) is 0 Å². The van der Waals surface area contributed by atoms with E-state index in [-0.39, 0.29) is 11.8 Å². The number of hydrogen-bond donors (Lipinski definition) is 2. The number of fused-ring (bicyclic) bond motifs is 1. The highest BCUT2D eigenvalue weighted by atomic mass is 16.3. The van der Waals surface area contributed by atoms with E-state index < -0.39 is 0 Å². The van der Waals surface area contributed by atoms with Gasteiger partial charge in [-0.3, -0.25) is 0 Å². The molecule has 0 saturated heterocycles. The third-order valence-corrected chi connectivity index (χ3v) is 2.16. The minimum atomic E-state index is -0.250. The van der Waals surface area contributed by atoms with Crippen LogP contribution in [-0.2, 0) is 0 Å². The lowest BCUT2D eigenvalue weighted by Crippen LogP contribution is -2.07. The van der Waals surface area contributed by atoms with Crippen LogP contribution in [0.1, 0.15) is 18.7 Å². The Kier molecular flexibility index (Phi) is 2.09. The molecule has 1 aromatic carbocycles. The zero-order valence-electron chi connectivity index (χ0n) is 7.94. The van der Waals surface area contributed by atoms with Gasteiger partial charge in [-0.1, -0.05) is 18.2 Å². The van der Waals surface area contributed by atoms with Gasteiger partial charge in [-0.05, 0) is 19.1 Å². The highest BCUT2D eigenvalue weighted by molar-refractivity contribution is 5.80. The lowest BCUT2D eigenvalue weighted by atomic mass is 10.1. The monoisotopic (exact) mass is 188 g/mol. The highest BCUT2D eigenvalue weighted by Gasteiger charge is 2.08. The molecule has 3 N–H and O–H groups in total. The fraction of sp³-hybridized carbons (Fsp3) is 0.182. The molecule has 2 rings (SSSR count). The van der Waals surface area contributed by atoms with Crippen LogP contribution in [0.5, 0.6) is 5.75 Å². The molecule has 1 aromatic heterocycles. The zero-order valence-corrected chi connectivity index (χ0v) is 7.94. The quantitative estimate of drug-likeness (QED) is 0.719. The van der Waals surface area contributed by atoms with E-state index in [1.54, 1.807) is 13.0 Å². The van der Waals surface area contributed by atoms with Crippen LogP contribution >= 0.6 is 0 Å². The summed E-state index contributed by atoms with van der Waals surface area (Å²) in [5.41, 5.74) is 7.09. The van der Waals surface area contributed by atoms with Crippen molar-refractivity contribution in [3.05, 3.63) is 36.0 Å². The van der Waals surface area contributed by atoms with E-state index >= 15 is 0 Å². The van der Waals surface area contributed by atoms with E-state index in [1.165, 1.54) is 0 Å². The second kappa shape index (κ2) is 3.27. The van der Waals surface area contributed by atoms with Crippen molar-refractivity contribution in [2.75, 3.05) is 0 Å². The highest BCUT2D eigenvalue weighted by Crippen LogP contribution is 2.24. The van der Waals surface area contributed by atoms with Crippen LogP contribution in [0.15, 0.2) is 30.3 Å². The summed E-state index contributed by atoms with van der Waals surface area (Å²) < 4.78 is 0. The Bertz CT molecular complexity index is 466. The first-order valence-corrected chi connectivity index (χ1v) is 4.52. The van der Waals surface area contributed by atoms with Crippen LogP contribution in [-0.4, -0.2) is 10.1 Å². The first-order valence-electron chi connectivity index (χ1n) is 4.52. The molecule has 14 heavy (non-hydrogen) atoms. The van der Waals surface area contributed by atoms with Crippen molar-refractivity contribution in [2.45, 2.75) is 13.0 Å². The summed E-state index contributed by atoms with van der Waals surface area (Å²) in [6, 6.07) is 9.08. The van der Waals surface area contributed by atoms with Crippen LogP contribution in [0.3, 0.4) is 0 Å². The zero-order chi connectivity index (χ0) is 10.1. The van der Waals surface area contributed by atoms with Gasteiger partial charge in [0.2, 0.25) is 0 Å². The van der Waals surface area contributed by atoms with Crippen molar-refractivity contribution in [1.82, 2.24) is 4.98 Å². The van der Waals surface area contributed by atoms with Crippen LogP contribution < -0.4 is 5.73 Å². The summed E-state index contributed by atoms with van der Waals surface area (Å²) in [4.78, 5) is 4.30. The Morgan fingerprint density at radius 2 is 2.07 bits per heavy atom. The predicted molar refractivity (Wildman–Crippen MR) is 56.0 cm³/mol. The minimum Gasteiger partial charge on any atom is -0.506 e. The fourth-order valence-corrected chi connectivity index (χ4v) is 1.45. The molecule has 1 heterocycles. The van der Waals surface area contributed by atoms with E-state index in [0.717, 1.165) is 10.9 Å². The molecule has 0 unspecified atom stereocenters. The SMILES string of the molecule is C[C@@H](N)c1nc2ccccc2cc1O. The van der Waals surface area contributed by atoms with Crippen molar-refractivity contribution in [3.8, 4) is 5.75 Å². The molecule has 0 saturated carbocycles. The molecule has 3 heteroatoms. The van der Waals surface area contributed by atoms with Gasteiger partial charge in [0.15, 0.2) is 0 Å². The van der Waals surface area contributed by atoms with E-state index in [4.69, 9.17) is 5.73 Å². The molecule has 0 aliphatic heterocycles. The van der Waals surface area contributed by atoms with Gasteiger partial charge in [0.25, 0.3) is 0 Å². The van der Waals surface area contributed by atoms with Gasteiger partial charge in [0.05, 0.1) is 11.2 Å². The number of nitrogens with two attached hydrogens (primary N) is 1. The number of aromatic hydroxyl groups is 1. The second-order valence-corrected chi connectivity index (χ2v) is 3.37. The Morgan fingerprint density at radius 1 is 1.36 bits per heavy atom. The maximum atomic E-state index is 9.64. The number of hydrogen-bond acceptors (Lipinski definition) is 3. The third kappa shape index (κ3) is 1.42. The van der Waals surface area contributed by atoms with Crippen LogP contribution in [0.2, 0.25) is 0 Å². The molecule has 0 amide bonds. The molecule has 3 nitrogen and oxygen atoms in total. The minimum absolute atomic E-state index is 0.165. The van der Waals surface area contributed by atoms with Crippen molar-refractivity contribution < 1.29 is 5.11 Å². The first-order chi connectivity index (χ1) is 6.68. The second-order valence-electron chi connectivity index (χ2n) is 3.37. The van der Waals surface area contributed by atoms with E-state index in [9.17, 15) is 5.11 Å². The molecule has 0 aliphatic carbocycles. The number of pyridine rings is 1. The molecule has 2 aromatic rings. The molecular weight excluding hydrogens is 176 g/mol. The van der Waals surface area contributed by atoms with E-state index in [1.807, 2.05) is 24.3 Å². The average Bonchev–Trinajstić information content (AvgIpc) is 2.16. The van der Waals surface area contributed by atoms with E-state index in [2.05, 4.69) is 4.98 Å². The van der Waals surface area contributed by atoms with Gasteiger partial charge in [0.1, 0.15) is 5.75 Å². The van der Waals surface area contributed by atoms with Crippen molar-refractivity contribution >= 4 is 10.9 Å². The van der Waals surface area contributed by atoms with Crippen molar-refractivity contribution in [2.24, 2.45) is 5.73 Å². The van der Waals surface area contributed by atoms with Gasteiger partial charge in [-0.15, -0.1) is 0 Å². The van der Waals surface area contributed by atoms with Gasteiger partial charge < -0.3 is 10.8 Å². The molecule has 1 atom stereocenters. The number of aromatic nitrogens is 1. The summed E-state index contributed by atoms with van der Waals surface area (Å²) >= 11 is 0. The standard InChI is InChI=1S/C11H12N2O/c1-7(12)11-10(14)6-8-4-2-3-5-9(8)13-11/h2-7,14H,12H2,1H3/t7-/m1/s1.